The highest BCUT2D eigenvalue weighted by Gasteiger charge is 2.24. The molecule has 0 bridgehead atoms. The first-order chi connectivity index (χ1) is 9.61. The lowest BCUT2D eigenvalue weighted by molar-refractivity contribution is -0.119. The van der Waals surface area contributed by atoms with E-state index >= 15 is 0 Å². The van der Waals surface area contributed by atoms with E-state index in [0.29, 0.717) is 27.9 Å². The molecule has 0 aliphatic heterocycles. The molecular formula is C16H17Cl2NO. The Labute approximate surface area is 129 Å². The van der Waals surface area contributed by atoms with Gasteiger partial charge in [0.05, 0.1) is 6.07 Å². The van der Waals surface area contributed by atoms with E-state index in [9.17, 15) is 10.1 Å². The van der Waals surface area contributed by atoms with Crippen LogP contribution in [0, 0.1) is 17.2 Å². The van der Waals surface area contributed by atoms with Crippen LogP contribution in [-0.2, 0) is 4.79 Å². The molecule has 4 heteroatoms. The van der Waals surface area contributed by atoms with Gasteiger partial charge in [0.2, 0.25) is 0 Å². The van der Waals surface area contributed by atoms with Gasteiger partial charge < -0.3 is 0 Å². The molecule has 0 saturated heterocycles. The van der Waals surface area contributed by atoms with Crippen molar-refractivity contribution < 1.29 is 4.79 Å². The zero-order valence-electron chi connectivity index (χ0n) is 11.2. The topological polar surface area (TPSA) is 40.9 Å². The van der Waals surface area contributed by atoms with Gasteiger partial charge in [-0.15, -0.1) is 0 Å². The van der Waals surface area contributed by atoms with Crippen LogP contribution in [0.15, 0.2) is 18.2 Å². The molecule has 1 aromatic rings. The first-order valence-corrected chi connectivity index (χ1v) is 7.74. The third-order valence-electron chi connectivity index (χ3n) is 4.00. The average Bonchev–Trinajstić information content (AvgIpc) is 2.93. The first kappa shape index (κ1) is 15.4. The fourth-order valence-corrected chi connectivity index (χ4v) is 3.36. The zero-order valence-corrected chi connectivity index (χ0v) is 12.8. The maximum atomic E-state index is 12.3. The predicted octanol–water partition coefficient (Wildman–Crippen LogP) is 5.14. The molecule has 1 aromatic carbocycles. The van der Waals surface area contributed by atoms with Crippen molar-refractivity contribution in [2.24, 2.45) is 5.92 Å². The monoisotopic (exact) mass is 309 g/mol. The summed E-state index contributed by atoms with van der Waals surface area (Å²) in [6.07, 6.45) is 6.32. The summed E-state index contributed by atoms with van der Waals surface area (Å²) in [5.41, 5.74) is 0.565. The number of carbonyl (C=O) groups excluding carboxylic acids is 1. The molecule has 0 amide bonds. The van der Waals surface area contributed by atoms with E-state index in [1.807, 2.05) is 0 Å². The first-order valence-electron chi connectivity index (χ1n) is 6.99. The van der Waals surface area contributed by atoms with E-state index in [0.717, 1.165) is 6.42 Å². The van der Waals surface area contributed by atoms with Crippen LogP contribution in [0.25, 0.3) is 0 Å². The molecule has 20 heavy (non-hydrogen) atoms. The van der Waals surface area contributed by atoms with Gasteiger partial charge in [0.15, 0.2) is 5.78 Å². The molecular weight excluding hydrogens is 293 g/mol. The number of benzene rings is 1. The molecule has 0 spiro atoms. The van der Waals surface area contributed by atoms with Crippen LogP contribution < -0.4 is 0 Å². The summed E-state index contributed by atoms with van der Waals surface area (Å²) >= 11 is 11.9. The van der Waals surface area contributed by atoms with Crippen LogP contribution >= 0.6 is 23.2 Å². The summed E-state index contributed by atoms with van der Waals surface area (Å²) in [5, 5.41) is 10.2. The number of halogens is 2. The Morgan fingerprint density at radius 2 is 2.05 bits per heavy atom. The lowest BCUT2D eigenvalue weighted by Crippen LogP contribution is -2.12. The molecule has 1 atom stereocenters. The van der Waals surface area contributed by atoms with Crippen LogP contribution in [0.5, 0.6) is 0 Å². The highest BCUT2D eigenvalue weighted by molar-refractivity contribution is 6.35. The maximum Gasteiger partial charge on any atom is 0.154 e. The van der Waals surface area contributed by atoms with Gasteiger partial charge in [-0.25, -0.2) is 0 Å². The van der Waals surface area contributed by atoms with E-state index in [2.05, 4.69) is 6.07 Å². The van der Waals surface area contributed by atoms with E-state index in [4.69, 9.17) is 23.2 Å². The van der Waals surface area contributed by atoms with E-state index in [1.54, 1.807) is 18.2 Å². The van der Waals surface area contributed by atoms with Crippen LogP contribution in [0.2, 0.25) is 10.0 Å². The molecule has 0 aromatic heterocycles. The molecule has 1 fully saturated rings. The van der Waals surface area contributed by atoms with Crippen LogP contribution in [0.4, 0.5) is 0 Å². The minimum atomic E-state index is -0.777. The Kier molecular flexibility index (Phi) is 5.46. The van der Waals surface area contributed by atoms with Crippen molar-refractivity contribution in [2.75, 3.05) is 0 Å². The number of rotatable bonds is 5. The fourth-order valence-electron chi connectivity index (χ4n) is 2.84. The summed E-state index contributed by atoms with van der Waals surface area (Å²) in [7, 11) is 0. The minimum Gasteiger partial charge on any atom is -0.298 e. The smallest absolute Gasteiger partial charge is 0.154 e. The molecule has 1 aliphatic carbocycles. The predicted molar refractivity (Wildman–Crippen MR) is 81.0 cm³/mol. The van der Waals surface area contributed by atoms with Crippen LogP contribution in [-0.4, -0.2) is 5.78 Å². The van der Waals surface area contributed by atoms with Crippen molar-refractivity contribution in [1.82, 2.24) is 0 Å². The lowest BCUT2D eigenvalue weighted by atomic mass is 9.90. The van der Waals surface area contributed by atoms with Crippen molar-refractivity contribution >= 4 is 29.0 Å². The van der Waals surface area contributed by atoms with E-state index in [1.165, 1.54) is 25.7 Å². The second kappa shape index (κ2) is 7.11. The number of ketones is 1. The van der Waals surface area contributed by atoms with Gasteiger partial charge in [-0.2, -0.15) is 5.26 Å². The molecule has 0 radical (unpaired) electrons. The normalized spacial score (nSPS) is 16.9. The highest BCUT2D eigenvalue weighted by Crippen LogP contribution is 2.32. The Balaban J connectivity index is 2.03. The second-order valence-electron chi connectivity index (χ2n) is 5.38. The van der Waals surface area contributed by atoms with E-state index in [-0.39, 0.29) is 5.78 Å². The third-order valence-corrected chi connectivity index (χ3v) is 4.56. The summed E-state index contributed by atoms with van der Waals surface area (Å²) < 4.78 is 0. The van der Waals surface area contributed by atoms with Gasteiger partial charge in [-0.05, 0) is 30.0 Å². The second-order valence-corrected chi connectivity index (χ2v) is 6.23. The third kappa shape index (κ3) is 3.75. The highest BCUT2D eigenvalue weighted by atomic mass is 35.5. The van der Waals surface area contributed by atoms with Crippen LogP contribution in [0.1, 0.15) is 50.0 Å². The molecule has 106 valence electrons. The summed E-state index contributed by atoms with van der Waals surface area (Å²) in [5.74, 6) is -0.163. The number of carbonyl (C=O) groups is 1. The minimum absolute atomic E-state index is 0.0383. The number of hydrogen-bond acceptors (Lipinski definition) is 2. The SMILES string of the molecule is N#CC(C(=O)CCC1CCCC1)c1ccc(Cl)cc1Cl. The Morgan fingerprint density at radius 1 is 1.35 bits per heavy atom. The van der Waals surface area contributed by atoms with Gasteiger partial charge in [0.25, 0.3) is 0 Å². The van der Waals surface area contributed by atoms with Crippen molar-refractivity contribution in [3.63, 3.8) is 0 Å². The number of nitriles is 1. The molecule has 1 aliphatic rings. The quantitative estimate of drug-likeness (QED) is 0.755. The van der Waals surface area contributed by atoms with Crippen molar-refractivity contribution in [3.05, 3.63) is 33.8 Å². The van der Waals surface area contributed by atoms with E-state index < -0.39 is 5.92 Å². The van der Waals surface area contributed by atoms with Gasteiger partial charge in [-0.3, -0.25) is 4.79 Å². The molecule has 0 heterocycles. The summed E-state index contributed by atoms with van der Waals surface area (Å²) in [6.45, 7) is 0. The standard InChI is InChI=1S/C16H17Cl2NO/c17-12-6-7-13(15(18)9-12)14(10-19)16(20)8-5-11-3-1-2-4-11/h6-7,9,11,14H,1-5,8H2. The van der Waals surface area contributed by atoms with Crippen LogP contribution in [0.3, 0.4) is 0 Å². The molecule has 2 nitrogen and oxygen atoms in total. The summed E-state index contributed by atoms with van der Waals surface area (Å²) in [4.78, 5) is 12.3. The van der Waals surface area contributed by atoms with Gasteiger partial charge >= 0.3 is 0 Å². The molecule has 0 N–H and O–H groups in total. The Morgan fingerprint density at radius 3 is 2.65 bits per heavy atom. The van der Waals surface area contributed by atoms with Gasteiger partial charge in [-0.1, -0.05) is 55.0 Å². The van der Waals surface area contributed by atoms with Crippen molar-refractivity contribution in [1.29, 1.82) is 5.26 Å². The molecule has 2 rings (SSSR count). The maximum absolute atomic E-state index is 12.3. The number of Topliss-reactive ketones (excluding diaryl/α,β-unsaturated/α-hetero) is 1. The number of nitrogens with zero attached hydrogens (tertiary/aromatic N) is 1. The number of hydrogen-bond donors (Lipinski definition) is 0. The molecule has 1 unspecified atom stereocenters. The zero-order chi connectivity index (χ0) is 14.5. The Hall–Kier alpha value is -1.04. The van der Waals surface area contributed by atoms with Gasteiger partial charge in [0.1, 0.15) is 5.92 Å². The largest absolute Gasteiger partial charge is 0.298 e. The van der Waals surface area contributed by atoms with Crippen molar-refractivity contribution in [3.8, 4) is 6.07 Å². The lowest BCUT2D eigenvalue weighted by Gasteiger charge is -2.12. The van der Waals surface area contributed by atoms with Crippen molar-refractivity contribution in [2.45, 2.75) is 44.4 Å². The Bertz CT molecular complexity index is 530. The molecule has 1 saturated carbocycles. The fraction of sp³-hybridized carbons (Fsp3) is 0.500. The average molecular weight is 310 g/mol. The summed E-state index contributed by atoms with van der Waals surface area (Å²) in [6, 6.07) is 6.99. The van der Waals surface area contributed by atoms with Gasteiger partial charge in [0, 0.05) is 16.5 Å².